The molecule has 0 aromatic carbocycles. The molecule has 4 heteroatoms. The van der Waals surface area contributed by atoms with Gasteiger partial charge in [0, 0.05) is 18.4 Å². The number of hydrogen-bond donors (Lipinski definition) is 2. The lowest BCUT2D eigenvalue weighted by Gasteiger charge is -2.09. The second-order valence-electron chi connectivity index (χ2n) is 4.49. The van der Waals surface area contributed by atoms with Crippen LogP contribution >= 0.6 is 0 Å². The molecule has 3 N–H and O–H groups in total. The van der Waals surface area contributed by atoms with Crippen molar-refractivity contribution in [2.45, 2.75) is 44.4 Å². The van der Waals surface area contributed by atoms with Crippen LogP contribution < -0.4 is 11.3 Å². The van der Waals surface area contributed by atoms with Crippen LogP contribution in [0.5, 0.6) is 0 Å². The highest BCUT2D eigenvalue weighted by Crippen LogP contribution is 2.32. The van der Waals surface area contributed by atoms with Crippen LogP contribution in [0, 0.1) is 0 Å². The minimum Gasteiger partial charge on any atom is -0.330 e. The monoisotopic (exact) mass is 221 g/mol. The molecule has 88 valence electrons. The van der Waals surface area contributed by atoms with Gasteiger partial charge in [-0.25, -0.2) is 4.98 Å². The highest BCUT2D eigenvalue weighted by Gasteiger charge is 2.19. The van der Waals surface area contributed by atoms with E-state index < -0.39 is 0 Å². The van der Waals surface area contributed by atoms with Gasteiger partial charge in [0.15, 0.2) is 0 Å². The van der Waals surface area contributed by atoms with E-state index in [-0.39, 0.29) is 5.56 Å². The lowest BCUT2D eigenvalue weighted by Crippen LogP contribution is -2.15. The third-order valence-corrected chi connectivity index (χ3v) is 3.20. The third kappa shape index (κ3) is 2.70. The van der Waals surface area contributed by atoms with Crippen molar-refractivity contribution in [1.82, 2.24) is 9.97 Å². The van der Waals surface area contributed by atoms with Crippen LogP contribution in [0.3, 0.4) is 0 Å². The van der Waals surface area contributed by atoms with Crippen LogP contribution in [-0.4, -0.2) is 16.5 Å². The minimum atomic E-state index is -0.0241. The molecule has 0 amide bonds. The molecular weight excluding hydrogens is 202 g/mol. The lowest BCUT2D eigenvalue weighted by atomic mass is 10.0. The number of aromatic nitrogens is 2. The lowest BCUT2D eigenvalue weighted by molar-refractivity contribution is 0.672. The van der Waals surface area contributed by atoms with Gasteiger partial charge in [0.05, 0.1) is 5.69 Å². The minimum absolute atomic E-state index is 0.0241. The standard InChI is InChI=1S/C12H19N3O/c13-7-3-6-11-14-10(8-12(16)15-11)9-4-1-2-5-9/h8-9H,1-7,13H2,(H,14,15,16). The van der Waals surface area contributed by atoms with Crippen LogP contribution in [0.15, 0.2) is 10.9 Å². The van der Waals surface area contributed by atoms with Crippen molar-refractivity contribution in [3.05, 3.63) is 27.9 Å². The van der Waals surface area contributed by atoms with Gasteiger partial charge in [-0.15, -0.1) is 0 Å². The van der Waals surface area contributed by atoms with E-state index in [1.165, 1.54) is 25.7 Å². The summed E-state index contributed by atoms with van der Waals surface area (Å²) >= 11 is 0. The van der Waals surface area contributed by atoms with Gasteiger partial charge in [0.1, 0.15) is 5.82 Å². The van der Waals surface area contributed by atoms with Crippen molar-refractivity contribution < 1.29 is 0 Å². The Morgan fingerprint density at radius 1 is 1.44 bits per heavy atom. The number of aryl methyl sites for hydroxylation is 1. The second-order valence-corrected chi connectivity index (χ2v) is 4.49. The van der Waals surface area contributed by atoms with Gasteiger partial charge in [-0.3, -0.25) is 4.79 Å². The topological polar surface area (TPSA) is 71.8 Å². The summed E-state index contributed by atoms with van der Waals surface area (Å²) in [6.07, 6.45) is 6.51. The Kier molecular flexibility index (Phi) is 3.72. The summed E-state index contributed by atoms with van der Waals surface area (Å²) in [7, 11) is 0. The summed E-state index contributed by atoms with van der Waals surface area (Å²) in [6, 6.07) is 1.65. The Morgan fingerprint density at radius 2 is 2.19 bits per heavy atom. The molecule has 1 saturated carbocycles. The fourth-order valence-corrected chi connectivity index (χ4v) is 2.35. The molecule has 0 atom stereocenters. The zero-order chi connectivity index (χ0) is 11.4. The van der Waals surface area contributed by atoms with Gasteiger partial charge >= 0.3 is 0 Å². The van der Waals surface area contributed by atoms with Crippen LogP contribution in [0.1, 0.15) is 49.5 Å². The molecule has 0 unspecified atom stereocenters. The maximum atomic E-state index is 11.5. The summed E-state index contributed by atoms with van der Waals surface area (Å²) in [5.41, 5.74) is 6.41. The molecule has 1 heterocycles. The van der Waals surface area contributed by atoms with E-state index in [2.05, 4.69) is 9.97 Å². The first-order chi connectivity index (χ1) is 7.79. The van der Waals surface area contributed by atoms with E-state index in [4.69, 9.17) is 5.73 Å². The summed E-state index contributed by atoms with van der Waals surface area (Å²) in [5.74, 6) is 1.29. The average Bonchev–Trinajstić information content (AvgIpc) is 2.79. The molecule has 0 saturated heterocycles. The van der Waals surface area contributed by atoms with Crippen molar-refractivity contribution in [3.8, 4) is 0 Å². The van der Waals surface area contributed by atoms with E-state index in [1.807, 2.05) is 0 Å². The number of nitrogens with one attached hydrogen (secondary N) is 1. The molecule has 1 aliphatic carbocycles. The summed E-state index contributed by atoms with van der Waals surface area (Å²) < 4.78 is 0. The molecule has 2 rings (SSSR count). The van der Waals surface area contributed by atoms with E-state index >= 15 is 0 Å². The largest absolute Gasteiger partial charge is 0.330 e. The summed E-state index contributed by atoms with van der Waals surface area (Å²) in [4.78, 5) is 18.8. The van der Waals surface area contributed by atoms with Crippen LogP contribution in [0.4, 0.5) is 0 Å². The van der Waals surface area contributed by atoms with Crippen LogP contribution in [0.2, 0.25) is 0 Å². The molecule has 4 nitrogen and oxygen atoms in total. The molecule has 0 aliphatic heterocycles. The predicted octanol–water partition coefficient (Wildman–Crippen LogP) is 1.32. The molecule has 16 heavy (non-hydrogen) atoms. The first-order valence-corrected chi connectivity index (χ1v) is 6.10. The van der Waals surface area contributed by atoms with E-state index in [9.17, 15) is 4.79 Å². The van der Waals surface area contributed by atoms with Crippen LogP contribution in [-0.2, 0) is 6.42 Å². The average molecular weight is 221 g/mol. The number of nitrogens with zero attached hydrogens (tertiary/aromatic N) is 1. The first kappa shape index (κ1) is 11.3. The highest BCUT2D eigenvalue weighted by atomic mass is 16.1. The van der Waals surface area contributed by atoms with Crippen molar-refractivity contribution in [2.24, 2.45) is 5.73 Å². The number of H-pyrrole nitrogens is 1. The van der Waals surface area contributed by atoms with Crippen molar-refractivity contribution in [2.75, 3.05) is 6.54 Å². The maximum absolute atomic E-state index is 11.5. The number of rotatable bonds is 4. The number of aromatic amines is 1. The molecule has 1 aliphatic rings. The summed E-state index contributed by atoms with van der Waals surface area (Å²) in [5, 5.41) is 0. The van der Waals surface area contributed by atoms with Crippen LogP contribution in [0.25, 0.3) is 0 Å². The molecule has 1 fully saturated rings. The Morgan fingerprint density at radius 3 is 2.88 bits per heavy atom. The number of hydrogen-bond acceptors (Lipinski definition) is 3. The Hall–Kier alpha value is -1.16. The van der Waals surface area contributed by atoms with E-state index in [0.717, 1.165) is 24.4 Å². The zero-order valence-corrected chi connectivity index (χ0v) is 9.54. The normalized spacial score (nSPS) is 16.8. The van der Waals surface area contributed by atoms with E-state index in [0.29, 0.717) is 12.5 Å². The van der Waals surface area contributed by atoms with E-state index in [1.54, 1.807) is 6.07 Å². The molecular formula is C12H19N3O. The van der Waals surface area contributed by atoms with Gasteiger partial charge in [-0.2, -0.15) is 0 Å². The smallest absolute Gasteiger partial charge is 0.251 e. The van der Waals surface area contributed by atoms with Gasteiger partial charge in [-0.1, -0.05) is 12.8 Å². The molecule has 1 aromatic rings. The molecule has 0 spiro atoms. The third-order valence-electron chi connectivity index (χ3n) is 3.20. The number of nitrogens with two attached hydrogens (primary N) is 1. The fraction of sp³-hybridized carbons (Fsp3) is 0.667. The quantitative estimate of drug-likeness (QED) is 0.805. The molecule has 1 aromatic heterocycles. The molecule has 0 radical (unpaired) electrons. The maximum Gasteiger partial charge on any atom is 0.251 e. The van der Waals surface area contributed by atoms with Gasteiger partial charge in [0.25, 0.3) is 5.56 Å². The van der Waals surface area contributed by atoms with Crippen molar-refractivity contribution in [3.63, 3.8) is 0 Å². The Balaban J connectivity index is 2.17. The van der Waals surface area contributed by atoms with Crippen molar-refractivity contribution in [1.29, 1.82) is 0 Å². The zero-order valence-electron chi connectivity index (χ0n) is 9.54. The van der Waals surface area contributed by atoms with Crippen molar-refractivity contribution >= 4 is 0 Å². The van der Waals surface area contributed by atoms with Gasteiger partial charge in [0.2, 0.25) is 0 Å². The first-order valence-electron chi connectivity index (χ1n) is 6.10. The Labute approximate surface area is 95.3 Å². The highest BCUT2D eigenvalue weighted by molar-refractivity contribution is 5.10. The molecule has 0 bridgehead atoms. The van der Waals surface area contributed by atoms with Gasteiger partial charge < -0.3 is 10.7 Å². The summed E-state index contributed by atoms with van der Waals surface area (Å²) in [6.45, 7) is 0.636. The Bertz CT molecular complexity index is 393. The second kappa shape index (κ2) is 5.25. The SMILES string of the molecule is NCCCc1nc(C2CCCC2)cc(=O)[nH]1. The fourth-order valence-electron chi connectivity index (χ4n) is 2.35. The van der Waals surface area contributed by atoms with Gasteiger partial charge in [-0.05, 0) is 25.8 Å². The predicted molar refractivity (Wildman–Crippen MR) is 63.4 cm³/mol.